The summed E-state index contributed by atoms with van der Waals surface area (Å²) in [5.41, 5.74) is 0. The summed E-state index contributed by atoms with van der Waals surface area (Å²) in [7, 11) is -3.18. The summed E-state index contributed by atoms with van der Waals surface area (Å²) >= 11 is 5.53. The number of ether oxygens (including phenoxy) is 1. The molecule has 22 heavy (non-hydrogen) atoms. The number of methoxy groups -OCH3 is 1. The Bertz CT molecular complexity index is 775. The molecule has 0 atom stereocenters. The first-order chi connectivity index (χ1) is 10.4. The van der Waals surface area contributed by atoms with E-state index in [0.717, 1.165) is 0 Å². The molecule has 1 heterocycles. The Labute approximate surface area is 130 Å². The third kappa shape index (κ3) is 3.16. The smallest absolute Gasteiger partial charge is 0.271 e. The van der Waals surface area contributed by atoms with Gasteiger partial charge in [0.1, 0.15) is 23.3 Å². The highest BCUT2D eigenvalue weighted by atomic mass is 35.5. The number of nitrogens with zero attached hydrogens (tertiary/aromatic N) is 3. The van der Waals surface area contributed by atoms with Crippen molar-refractivity contribution in [2.75, 3.05) is 18.1 Å². The van der Waals surface area contributed by atoms with Crippen molar-refractivity contribution in [3.8, 4) is 0 Å². The molecule has 0 aliphatic heterocycles. The molecule has 0 spiro atoms. The molecule has 0 saturated carbocycles. The Morgan fingerprint density at radius 1 is 1.23 bits per heavy atom. The largest absolute Gasteiger partial charge is 0.363 e. The van der Waals surface area contributed by atoms with Crippen LogP contribution in [0.25, 0.3) is 0 Å². The number of rotatable bonds is 5. The van der Waals surface area contributed by atoms with E-state index >= 15 is 0 Å². The normalized spacial score (nSPS) is 11.5. The molecule has 0 fully saturated rings. The minimum atomic E-state index is -4.43. The van der Waals surface area contributed by atoms with Gasteiger partial charge in [0, 0.05) is 25.6 Å². The topological polar surface area (TPSA) is 72.4 Å². The Morgan fingerprint density at radius 2 is 1.86 bits per heavy atom. The van der Waals surface area contributed by atoms with Gasteiger partial charge in [-0.1, -0.05) is 11.6 Å². The van der Waals surface area contributed by atoms with Crippen molar-refractivity contribution in [3.05, 3.63) is 47.2 Å². The number of aromatic nitrogens is 2. The lowest BCUT2D eigenvalue weighted by Crippen LogP contribution is -2.34. The summed E-state index contributed by atoms with van der Waals surface area (Å²) in [6, 6.07) is 2.57. The van der Waals surface area contributed by atoms with E-state index in [-0.39, 0.29) is 5.95 Å². The Kier molecular flexibility index (Phi) is 4.89. The van der Waals surface area contributed by atoms with E-state index in [9.17, 15) is 17.2 Å². The lowest BCUT2D eigenvalue weighted by molar-refractivity contribution is 0.208. The Hall–Kier alpha value is -1.84. The second kappa shape index (κ2) is 6.51. The molecular weight excluding hydrogens is 340 g/mol. The second-order valence-corrected chi connectivity index (χ2v) is 6.25. The second-order valence-electron chi connectivity index (χ2n) is 4.02. The van der Waals surface area contributed by atoms with Gasteiger partial charge < -0.3 is 4.74 Å². The summed E-state index contributed by atoms with van der Waals surface area (Å²) in [4.78, 5) is 6.77. The number of anilines is 1. The predicted molar refractivity (Wildman–Crippen MR) is 74.9 cm³/mol. The van der Waals surface area contributed by atoms with Crippen molar-refractivity contribution >= 4 is 27.6 Å². The van der Waals surface area contributed by atoms with Crippen molar-refractivity contribution in [2.24, 2.45) is 0 Å². The fourth-order valence-corrected chi connectivity index (χ4v) is 3.18. The number of hydrogen-bond acceptors (Lipinski definition) is 5. The summed E-state index contributed by atoms with van der Waals surface area (Å²) in [6.45, 7) is -0.458. The molecule has 0 unspecified atom stereocenters. The lowest BCUT2D eigenvalue weighted by atomic mass is 10.3. The van der Waals surface area contributed by atoms with Crippen LogP contribution < -0.4 is 4.31 Å². The summed E-state index contributed by atoms with van der Waals surface area (Å²) in [5.74, 6) is -2.56. The van der Waals surface area contributed by atoms with Crippen LogP contribution in [0.1, 0.15) is 0 Å². The quantitative estimate of drug-likeness (QED) is 0.611. The van der Waals surface area contributed by atoms with Gasteiger partial charge in [0.25, 0.3) is 10.0 Å². The lowest BCUT2D eigenvalue weighted by Gasteiger charge is -2.21. The maximum Gasteiger partial charge on any atom is 0.271 e. The van der Waals surface area contributed by atoms with Crippen LogP contribution in [0.5, 0.6) is 0 Å². The molecule has 0 amide bonds. The van der Waals surface area contributed by atoms with E-state index in [4.69, 9.17) is 16.3 Å². The van der Waals surface area contributed by atoms with Gasteiger partial charge in [-0.3, -0.25) is 0 Å². The van der Waals surface area contributed by atoms with Gasteiger partial charge in [-0.05, 0) is 12.1 Å². The van der Waals surface area contributed by atoms with Crippen molar-refractivity contribution < 1.29 is 21.9 Å². The van der Waals surface area contributed by atoms with E-state index < -0.39 is 38.3 Å². The van der Waals surface area contributed by atoms with Gasteiger partial charge in [-0.25, -0.2) is 31.5 Å². The fourth-order valence-electron chi connectivity index (χ4n) is 1.59. The summed E-state index contributed by atoms with van der Waals surface area (Å²) in [5, 5.41) is -0.522. The third-order valence-electron chi connectivity index (χ3n) is 2.56. The average Bonchev–Trinajstić information content (AvgIpc) is 2.49. The first-order valence-corrected chi connectivity index (χ1v) is 7.63. The fraction of sp³-hybridized carbons (Fsp3) is 0.167. The molecule has 1 aromatic carbocycles. The molecule has 0 bridgehead atoms. The minimum Gasteiger partial charge on any atom is -0.363 e. The molecular formula is C12H10ClF2N3O3S. The molecule has 0 radical (unpaired) electrons. The number of sulfonamides is 1. The maximum absolute atomic E-state index is 13.9. The summed E-state index contributed by atoms with van der Waals surface area (Å²) < 4.78 is 57.6. The van der Waals surface area contributed by atoms with E-state index in [1.165, 1.54) is 25.6 Å². The first kappa shape index (κ1) is 16.5. The zero-order valence-corrected chi connectivity index (χ0v) is 12.8. The van der Waals surface area contributed by atoms with Gasteiger partial charge in [0.15, 0.2) is 0 Å². The molecule has 0 aliphatic rings. The maximum atomic E-state index is 13.9. The SMILES string of the molecule is COCN(c1ncccn1)S(=O)(=O)c1cc(Cl)c(F)cc1F. The van der Waals surface area contributed by atoms with E-state index in [2.05, 4.69) is 9.97 Å². The van der Waals surface area contributed by atoms with Crippen LogP contribution in [0.2, 0.25) is 5.02 Å². The van der Waals surface area contributed by atoms with E-state index in [1.807, 2.05) is 0 Å². The van der Waals surface area contributed by atoms with E-state index in [0.29, 0.717) is 16.4 Å². The molecule has 1 aromatic heterocycles. The first-order valence-electron chi connectivity index (χ1n) is 5.81. The molecule has 118 valence electrons. The minimum absolute atomic E-state index is 0.218. The van der Waals surface area contributed by atoms with Gasteiger partial charge in [-0.15, -0.1) is 0 Å². The van der Waals surface area contributed by atoms with Crippen molar-refractivity contribution in [3.63, 3.8) is 0 Å². The van der Waals surface area contributed by atoms with Crippen LogP contribution in [0.15, 0.2) is 35.5 Å². The van der Waals surface area contributed by atoms with Gasteiger partial charge in [0.2, 0.25) is 5.95 Å². The van der Waals surface area contributed by atoms with Crippen LogP contribution in [-0.4, -0.2) is 32.2 Å². The molecule has 2 aromatic rings. The van der Waals surface area contributed by atoms with Crippen molar-refractivity contribution in [2.45, 2.75) is 4.90 Å². The molecule has 0 aliphatic carbocycles. The van der Waals surface area contributed by atoms with Gasteiger partial charge in [0.05, 0.1) is 5.02 Å². The average molecular weight is 350 g/mol. The van der Waals surface area contributed by atoms with Crippen LogP contribution in [0, 0.1) is 11.6 Å². The standard InChI is InChI=1S/C12H10ClF2N3O3S/c1-21-7-18(12-16-3-2-4-17-12)22(19,20)11-5-8(13)9(14)6-10(11)15/h2-6H,7H2,1H3. The molecule has 6 nitrogen and oxygen atoms in total. The van der Waals surface area contributed by atoms with Crippen LogP contribution in [0.4, 0.5) is 14.7 Å². The van der Waals surface area contributed by atoms with Crippen molar-refractivity contribution in [1.82, 2.24) is 9.97 Å². The number of hydrogen-bond donors (Lipinski definition) is 0. The molecule has 0 saturated heterocycles. The van der Waals surface area contributed by atoms with E-state index in [1.54, 1.807) is 0 Å². The third-order valence-corrected chi connectivity index (χ3v) is 4.57. The highest BCUT2D eigenvalue weighted by Crippen LogP contribution is 2.27. The zero-order chi connectivity index (χ0) is 16.3. The zero-order valence-electron chi connectivity index (χ0n) is 11.2. The highest BCUT2D eigenvalue weighted by molar-refractivity contribution is 7.92. The number of benzene rings is 1. The van der Waals surface area contributed by atoms with Gasteiger partial charge >= 0.3 is 0 Å². The molecule has 2 rings (SSSR count). The number of halogens is 3. The molecule has 0 N–H and O–H groups in total. The van der Waals surface area contributed by atoms with Crippen LogP contribution in [0.3, 0.4) is 0 Å². The Balaban J connectivity index is 2.58. The molecule has 10 heteroatoms. The highest BCUT2D eigenvalue weighted by Gasteiger charge is 2.30. The van der Waals surface area contributed by atoms with Crippen molar-refractivity contribution in [1.29, 1.82) is 0 Å². The Morgan fingerprint density at radius 3 is 2.45 bits per heavy atom. The van der Waals surface area contributed by atoms with Gasteiger partial charge in [-0.2, -0.15) is 0 Å². The monoisotopic (exact) mass is 349 g/mol. The summed E-state index contributed by atoms with van der Waals surface area (Å²) in [6.07, 6.45) is 2.63. The van der Waals surface area contributed by atoms with Crippen LogP contribution in [-0.2, 0) is 14.8 Å². The predicted octanol–water partition coefficient (Wildman–Crippen LogP) is 2.21. The van der Waals surface area contributed by atoms with Crippen LogP contribution >= 0.6 is 11.6 Å².